The first-order valence-corrected chi connectivity index (χ1v) is 6.26. The van der Waals surface area contributed by atoms with Gasteiger partial charge in [0.25, 0.3) is 0 Å². The van der Waals surface area contributed by atoms with Crippen molar-refractivity contribution >= 4 is 5.91 Å². The molecular formula is C12H24N2O2. The SMILES string of the molecule is COCCC(N)C(=O)NCC1CCCCC1. The van der Waals surface area contributed by atoms with E-state index in [9.17, 15) is 4.79 Å². The predicted molar refractivity (Wildman–Crippen MR) is 64.1 cm³/mol. The Kier molecular flexibility index (Phi) is 6.42. The number of carbonyl (C=O) groups excluding carboxylic acids is 1. The number of nitrogens with two attached hydrogens (primary N) is 1. The molecule has 0 aromatic carbocycles. The minimum atomic E-state index is -0.427. The molecule has 0 aromatic heterocycles. The summed E-state index contributed by atoms with van der Waals surface area (Å²) >= 11 is 0. The zero-order chi connectivity index (χ0) is 11.8. The third-order valence-electron chi connectivity index (χ3n) is 3.26. The van der Waals surface area contributed by atoms with E-state index >= 15 is 0 Å². The van der Waals surface area contributed by atoms with E-state index in [1.807, 2.05) is 0 Å². The fourth-order valence-corrected chi connectivity index (χ4v) is 2.14. The fraction of sp³-hybridized carbons (Fsp3) is 0.917. The van der Waals surface area contributed by atoms with Crippen molar-refractivity contribution in [3.8, 4) is 0 Å². The monoisotopic (exact) mass is 228 g/mol. The molecule has 1 fully saturated rings. The zero-order valence-electron chi connectivity index (χ0n) is 10.2. The highest BCUT2D eigenvalue weighted by Gasteiger charge is 2.17. The lowest BCUT2D eigenvalue weighted by molar-refractivity contribution is -0.123. The zero-order valence-corrected chi connectivity index (χ0v) is 10.2. The maximum Gasteiger partial charge on any atom is 0.237 e. The molecule has 0 spiro atoms. The Morgan fingerprint density at radius 2 is 2.12 bits per heavy atom. The molecule has 1 saturated carbocycles. The molecule has 1 unspecified atom stereocenters. The summed E-state index contributed by atoms with van der Waals surface area (Å²) in [6.45, 7) is 1.33. The van der Waals surface area contributed by atoms with Crippen LogP contribution in [0.3, 0.4) is 0 Å². The molecule has 1 atom stereocenters. The summed E-state index contributed by atoms with van der Waals surface area (Å²) < 4.78 is 4.90. The molecule has 4 heteroatoms. The molecule has 0 saturated heterocycles. The van der Waals surface area contributed by atoms with Crippen molar-refractivity contribution in [2.45, 2.75) is 44.6 Å². The lowest BCUT2D eigenvalue weighted by Crippen LogP contribution is -2.43. The molecule has 0 aliphatic heterocycles. The topological polar surface area (TPSA) is 64.3 Å². The number of hydrogen-bond acceptors (Lipinski definition) is 3. The van der Waals surface area contributed by atoms with Crippen LogP contribution in [0.15, 0.2) is 0 Å². The molecule has 1 amide bonds. The molecular weight excluding hydrogens is 204 g/mol. The molecule has 1 aliphatic carbocycles. The van der Waals surface area contributed by atoms with E-state index in [1.54, 1.807) is 7.11 Å². The van der Waals surface area contributed by atoms with Gasteiger partial charge in [-0.05, 0) is 25.2 Å². The van der Waals surface area contributed by atoms with Gasteiger partial charge in [0.2, 0.25) is 5.91 Å². The van der Waals surface area contributed by atoms with E-state index < -0.39 is 6.04 Å². The van der Waals surface area contributed by atoms with Crippen molar-refractivity contribution in [3.05, 3.63) is 0 Å². The lowest BCUT2D eigenvalue weighted by Gasteiger charge is -2.22. The number of rotatable bonds is 6. The second kappa shape index (κ2) is 7.63. The minimum absolute atomic E-state index is 0.0392. The van der Waals surface area contributed by atoms with E-state index in [4.69, 9.17) is 10.5 Å². The second-order valence-corrected chi connectivity index (χ2v) is 4.64. The van der Waals surface area contributed by atoms with Gasteiger partial charge in [0, 0.05) is 20.3 Å². The van der Waals surface area contributed by atoms with Crippen molar-refractivity contribution in [2.24, 2.45) is 11.7 Å². The highest BCUT2D eigenvalue weighted by atomic mass is 16.5. The summed E-state index contributed by atoms with van der Waals surface area (Å²) in [4.78, 5) is 11.6. The molecule has 16 heavy (non-hydrogen) atoms. The van der Waals surface area contributed by atoms with Crippen molar-refractivity contribution in [2.75, 3.05) is 20.3 Å². The number of methoxy groups -OCH3 is 1. The van der Waals surface area contributed by atoms with Gasteiger partial charge in [-0.1, -0.05) is 19.3 Å². The van der Waals surface area contributed by atoms with Gasteiger partial charge in [-0.3, -0.25) is 4.79 Å². The Morgan fingerprint density at radius 1 is 1.44 bits per heavy atom. The van der Waals surface area contributed by atoms with E-state index in [0.29, 0.717) is 18.9 Å². The van der Waals surface area contributed by atoms with Crippen LogP contribution in [0.1, 0.15) is 38.5 Å². The fourth-order valence-electron chi connectivity index (χ4n) is 2.14. The maximum atomic E-state index is 11.6. The molecule has 0 radical (unpaired) electrons. The largest absolute Gasteiger partial charge is 0.385 e. The van der Waals surface area contributed by atoms with Crippen LogP contribution in [0, 0.1) is 5.92 Å². The van der Waals surface area contributed by atoms with Gasteiger partial charge in [-0.25, -0.2) is 0 Å². The average molecular weight is 228 g/mol. The van der Waals surface area contributed by atoms with E-state index in [1.165, 1.54) is 32.1 Å². The van der Waals surface area contributed by atoms with Crippen LogP contribution in [0.25, 0.3) is 0 Å². The van der Waals surface area contributed by atoms with Gasteiger partial charge in [-0.2, -0.15) is 0 Å². The van der Waals surface area contributed by atoms with Crippen LogP contribution in [-0.2, 0) is 9.53 Å². The van der Waals surface area contributed by atoms with Crippen LogP contribution < -0.4 is 11.1 Å². The normalized spacial score (nSPS) is 19.4. The van der Waals surface area contributed by atoms with Crippen molar-refractivity contribution in [1.29, 1.82) is 0 Å². The lowest BCUT2D eigenvalue weighted by atomic mass is 9.89. The average Bonchev–Trinajstić information content (AvgIpc) is 2.34. The van der Waals surface area contributed by atoms with Gasteiger partial charge < -0.3 is 15.8 Å². The number of ether oxygens (including phenoxy) is 1. The van der Waals surface area contributed by atoms with Crippen LogP contribution in [0.4, 0.5) is 0 Å². The Hall–Kier alpha value is -0.610. The summed E-state index contributed by atoms with van der Waals surface area (Å²) in [6.07, 6.45) is 7.03. The smallest absolute Gasteiger partial charge is 0.237 e. The second-order valence-electron chi connectivity index (χ2n) is 4.64. The molecule has 0 heterocycles. The Morgan fingerprint density at radius 3 is 2.75 bits per heavy atom. The van der Waals surface area contributed by atoms with Gasteiger partial charge in [0.1, 0.15) is 0 Å². The summed E-state index contributed by atoms with van der Waals surface area (Å²) in [5.74, 6) is 0.620. The number of hydrogen-bond donors (Lipinski definition) is 2. The first-order valence-electron chi connectivity index (χ1n) is 6.26. The highest BCUT2D eigenvalue weighted by Crippen LogP contribution is 2.22. The molecule has 1 aliphatic rings. The van der Waals surface area contributed by atoms with E-state index in [2.05, 4.69) is 5.32 Å². The van der Waals surface area contributed by atoms with Crippen LogP contribution >= 0.6 is 0 Å². The van der Waals surface area contributed by atoms with Crippen molar-refractivity contribution < 1.29 is 9.53 Å². The van der Waals surface area contributed by atoms with Gasteiger partial charge in [0.15, 0.2) is 0 Å². The third-order valence-corrected chi connectivity index (χ3v) is 3.26. The number of nitrogens with one attached hydrogen (secondary N) is 1. The summed E-state index contributed by atoms with van der Waals surface area (Å²) in [5, 5.41) is 2.94. The Labute approximate surface area is 97.9 Å². The number of amides is 1. The predicted octanol–water partition coefficient (Wildman–Crippen LogP) is 1.05. The van der Waals surface area contributed by atoms with Crippen LogP contribution in [-0.4, -0.2) is 32.2 Å². The molecule has 4 nitrogen and oxygen atoms in total. The summed E-state index contributed by atoms with van der Waals surface area (Å²) in [6, 6.07) is -0.427. The third kappa shape index (κ3) is 4.94. The molecule has 0 aromatic rings. The standard InChI is InChI=1S/C12H24N2O2/c1-16-8-7-11(13)12(15)14-9-10-5-3-2-4-6-10/h10-11H,2-9,13H2,1H3,(H,14,15). The molecule has 1 rings (SSSR count). The summed E-state index contributed by atoms with van der Waals surface area (Å²) in [5.41, 5.74) is 5.73. The van der Waals surface area contributed by atoms with Gasteiger partial charge in [0.05, 0.1) is 6.04 Å². The first kappa shape index (κ1) is 13.5. The molecule has 0 bridgehead atoms. The molecule has 3 N–H and O–H groups in total. The molecule has 94 valence electrons. The van der Waals surface area contributed by atoms with Gasteiger partial charge in [-0.15, -0.1) is 0 Å². The van der Waals surface area contributed by atoms with Crippen LogP contribution in [0.5, 0.6) is 0 Å². The Balaban J connectivity index is 2.12. The van der Waals surface area contributed by atoms with Crippen molar-refractivity contribution in [1.82, 2.24) is 5.32 Å². The van der Waals surface area contributed by atoms with Gasteiger partial charge >= 0.3 is 0 Å². The first-order chi connectivity index (χ1) is 7.74. The quantitative estimate of drug-likeness (QED) is 0.714. The van der Waals surface area contributed by atoms with E-state index in [0.717, 1.165) is 6.54 Å². The summed E-state index contributed by atoms with van der Waals surface area (Å²) in [7, 11) is 1.62. The Bertz CT molecular complexity index is 203. The highest BCUT2D eigenvalue weighted by molar-refractivity contribution is 5.81. The maximum absolute atomic E-state index is 11.6. The number of carbonyl (C=O) groups is 1. The van der Waals surface area contributed by atoms with Crippen molar-refractivity contribution in [3.63, 3.8) is 0 Å². The van der Waals surface area contributed by atoms with E-state index in [-0.39, 0.29) is 5.91 Å². The minimum Gasteiger partial charge on any atom is -0.385 e. The van der Waals surface area contributed by atoms with Crippen LogP contribution in [0.2, 0.25) is 0 Å².